The molecule has 3 heteroatoms. The Balaban J connectivity index is 1.93. The number of carbonyl (C=O) groups excluding carboxylic acids is 1. The molecule has 2 aromatic carbocycles. The largest absolute Gasteiger partial charge is 0.345 e. The lowest BCUT2D eigenvalue weighted by Gasteiger charge is -2.14. The molecular formula is C19H18ClNO. The van der Waals surface area contributed by atoms with Crippen molar-refractivity contribution in [3.8, 4) is 11.8 Å². The summed E-state index contributed by atoms with van der Waals surface area (Å²) >= 11 is 5.90. The Morgan fingerprint density at radius 1 is 1.18 bits per heavy atom. The summed E-state index contributed by atoms with van der Waals surface area (Å²) in [4.78, 5) is 12.2. The summed E-state index contributed by atoms with van der Waals surface area (Å²) in [5.41, 5.74) is 1.88. The van der Waals surface area contributed by atoms with Crippen LogP contribution in [0.3, 0.4) is 0 Å². The average Bonchev–Trinajstić information content (AvgIpc) is 2.53. The minimum Gasteiger partial charge on any atom is -0.345 e. The SMILES string of the molecule is CCC(C(=O)NCC#Cc1cccc(Cl)c1)c1ccccc1. The highest BCUT2D eigenvalue weighted by atomic mass is 35.5. The van der Waals surface area contributed by atoms with E-state index in [2.05, 4.69) is 17.2 Å². The van der Waals surface area contributed by atoms with Crippen LogP contribution >= 0.6 is 11.6 Å². The summed E-state index contributed by atoms with van der Waals surface area (Å²) in [6.45, 7) is 2.34. The van der Waals surface area contributed by atoms with Gasteiger partial charge in [0.05, 0.1) is 12.5 Å². The molecule has 0 fully saturated rings. The van der Waals surface area contributed by atoms with Crippen LogP contribution in [0.1, 0.15) is 30.4 Å². The van der Waals surface area contributed by atoms with Crippen LogP contribution in [0.15, 0.2) is 54.6 Å². The molecule has 1 amide bonds. The zero-order valence-electron chi connectivity index (χ0n) is 12.5. The molecule has 0 saturated carbocycles. The molecule has 0 saturated heterocycles. The second kappa shape index (κ2) is 8.26. The normalized spacial score (nSPS) is 11.2. The Bertz CT molecular complexity index is 685. The van der Waals surface area contributed by atoms with Gasteiger partial charge in [0.1, 0.15) is 0 Å². The first-order valence-corrected chi connectivity index (χ1v) is 7.65. The van der Waals surface area contributed by atoms with Crippen LogP contribution in [-0.4, -0.2) is 12.5 Å². The maximum Gasteiger partial charge on any atom is 0.228 e. The third kappa shape index (κ3) is 4.65. The van der Waals surface area contributed by atoms with Crippen molar-refractivity contribution in [2.24, 2.45) is 0 Å². The molecule has 0 radical (unpaired) electrons. The second-order valence-corrected chi connectivity index (χ2v) is 5.34. The van der Waals surface area contributed by atoms with Crippen molar-refractivity contribution in [1.82, 2.24) is 5.32 Å². The number of benzene rings is 2. The minimum atomic E-state index is -0.130. The molecule has 22 heavy (non-hydrogen) atoms. The van der Waals surface area contributed by atoms with Crippen LogP contribution in [0.2, 0.25) is 5.02 Å². The molecule has 112 valence electrons. The van der Waals surface area contributed by atoms with Crippen LogP contribution in [0.4, 0.5) is 0 Å². The van der Waals surface area contributed by atoms with Gasteiger partial charge in [-0.2, -0.15) is 0 Å². The number of hydrogen-bond acceptors (Lipinski definition) is 1. The van der Waals surface area contributed by atoms with Gasteiger partial charge in [-0.15, -0.1) is 0 Å². The number of nitrogens with one attached hydrogen (secondary N) is 1. The van der Waals surface area contributed by atoms with E-state index < -0.39 is 0 Å². The van der Waals surface area contributed by atoms with Crippen molar-refractivity contribution in [2.45, 2.75) is 19.3 Å². The summed E-state index contributed by atoms with van der Waals surface area (Å²) in [6.07, 6.45) is 0.761. The zero-order chi connectivity index (χ0) is 15.8. The van der Waals surface area contributed by atoms with Crippen LogP contribution in [0.5, 0.6) is 0 Å². The zero-order valence-corrected chi connectivity index (χ0v) is 13.2. The van der Waals surface area contributed by atoms with Crippen LogP contribution in [0.25, 0.3) is 0 Å². The number of hydrogen-bond donors (Lipinski definition) is 1. The van der Waals surface area contributed by atoms with E-state index in [1.54, 1.807) is 12.1 Å². The molecule has 0 spiro atoms. The average molecular weight is 312 g/mol. The second-order valence-electron chi connectivity index (χ2n) is 4.90. The lowest BCUT2D eigenvalue weighted by atomic mass is 9.96. The first kappa shape index (κ1) is 16.1. The van der Waals surface area contributed by atoms with E-state index in [-0.39, 0.29) is 11.8 Å². The molecule has 2 rings (SSSR count). The van der Waals surface area contributed by atoms with Crippen molar-refractivity contribution in [3.05, 3.63) is 70.7 Å². The Morgan fingerprint density at radius 2 is 1.95 bits per heavy atom. The van der Waals surface area contributed by atoms with Crippen molar-refractivity contribution in [1.29, 1.82) is 0 Å². The van der Waals surface area contributed by atoms with Crippen molar-refractivity contribution in [3.63, 3.8) is 0 Å². The molecule has 0 aliphatic heterocycles. The van der Waals surface area contributed by atoms with Gasteiger partial charge in [0, 0.05) is 10.6 Å². The van der Waals surface area contributed by atoms with E-state index in [9.17, 15) is 4.79 Å². The molecular weight excluding hydrogens is 294 g/mol. The van der Waals surface area contributed by atoms with E-state index in [1.165, 1.54) is 0 Å². The summed E-state index contributed by atoms with van der Waals surface area (Å²) in [7, 11) is 0. The standard InChI is InChI=1S/C19H18ClNO/c1-2-18(16-10-4-3-5-11-16)19(22)21-13-7-9-15-8-6-12-17(20)14-15/h3-6,8,10-12,14,18H,2,13H2,1H3,(H,21,22). The van der Waals surface area contributed by atoms with Crippen LogP contribution in [-0.2, 0) is 4.79 Å². The highest BCUT2D eigenvalue weighted by molar-refractivity contribution is 6.30. The third-order valence-corrected chi connectivity index (χ3v) is 3.57. The minimum absolute atomic E-state index is 0.00842. The fraction of sp³-hybridized carbons (Fsp3) is 0.211. The van der Waals surface area contributed by atoms with E-state index in [4.69, 9.17) is 11.6 Å². The maximum atomic E-state index is 12.2. The molecule has 1 unspecified atom stereocenters. The van der Waals surface area contributed by atoms with Crippen LogP contribution in [0, 0.1) is 11.8 Å². The monoisotopic (exact) mass is 311 g/mol. The fourth-order valence-corrected chi connectivity index (χ4v) is 2.42. The molecule has 2 nitrogen and oxygen atoms in total. The number of halogens is 1. The number of rotatable bonds is 4. The van der Waals surface area contributed by atoms with E-state index in [0.717, 1.165) is 17.5 Å². The molecule has 0 aliphatic carbocycles. The molecule has 0 aliphatic rings. The van der Waals surface area contributed by atoms with Gasteiger partial charge < -0.3 is 5.32 Å². The van der Waals surface area contributed by atoms with Crippen molar-refractivity contribution >= 4 is 17.5 Å². The Kier molecular flexibility index (Phi) is 6.06. The van der Waals surface area contributed by atoms with E-state index in [1.807, 2.05) is 49.4 Å². The highest BCUT2D eigenvalue weighted by Gasteiger charge is 2.17. The lowest BCUT2D eigenvalue weighted by Crippen LogP contribution is -2.29. The molecule has 0 bridgehead atoms. The smallest absolute Gasteiger partial charge is 0.228 e. The summed E-state index contributed by atoms with van der Waals surface area (Å²) < 4.78 is 0. The van der Waals surface area contributed by atoms with E-state index in [0.29, 0.717) is 11.6 Å². The first-order valence-electron chi connectivity index (χ1n) is 7.27. The predicted octanol–water partition coefficient (Wildman–Crippen LogP) is 4.00. The maximum absolute atomic E-state index is 12.2. The van der Waals surface area contributed by atoms with Crippen molar-refractivity contribution in [2.75, 3.05) is 6.54 Å². The Labute approximate surface area is 136 Å². The molecule has 2 aromatic rings. The topological polar surface area (TPSA) is 29.1 Å². The molecule has 1 N–H and O–H groups in total. The first-order chi connectivity index (χ1) is 10.7. The molecule has 0 heterocycles. The summed E-state index contributed by atoms with van der Waals surface area (Å²) in [6, 6.07) is 17.2. The van der Waals surface area contributed by atoms with Crippen LogP contribution < -0.4 is 5.32 Å². The van der Waals surface area contributed by atoms with Gasteiger partial charge in [0.25, 0.3) is 0 Å². The van der Waals surface area contributed by atoms with Gasteiger partial charge in [-0.05, 0) is 30.2 Å². The number of amides is 1. The Morgan fingerprint density at radius 3 is 2.64 bits per heavy atom. The van der Waals surface area contributed by atoms with Gasteiger partial charge in [-0.3, -0.25) is 4.79 Å². The summed E-state index contributed by atoms with van der Waals surface area (Å²) in [5.74, 6) is 5.82. The van der Waals surface area contributed by atoms with Gasteiger partial charge in [-0.25, -0.2) is 0 Å². The quantitative estimate of drug-likeness (QED) is 0.850. The van der Waals surface area contributed by atoms with Crippen molar-refractivity contribution < 1.29 is 4.79 Å². The van der Waals surface area contributed by atoms with Gasteiger partial charge in [0.2, 0.25) is 5.91 Å². The lowest BCUT2D eigenvalue weighted by molar-refractivity contribution is -0.122. The Hall–Kier alpha value is -2.24. The highest BCUT2D eigenvalue weighted by Crippen LogP contribution is 2.18. The summed E-state index contributed by atoms with van der Waals surface area (Å²) in [5, 5.41) is 3.53. The molecule has 0 aromatic heterocycles. The van der Waals surface area contributed by atoms with Gasteiger partial charge in [0.15, 0.2) is 0 Å². The van der Waals surface area contributed by atoms with Gasteiger partial charge in [-0.1, -0.05) is 66.8 Å². The van der Waals surface area contributed by atoms with Gasteiger partial charge >= 0.3 is 0 Å². The third-order valence-electron chi connectivity index (χ3n) is 3.34. The fourth-order valence-electron chi connectivity index (χ4n) is 2.22. The predicted molar refractivity (Wildman–Crippen MR) is 90.8 cm³/mol. The van der Waals surface area contributed by atoms with E-state index >= 15 is 0 Å². The molecule has 1 atom stereocenters. The number of carbonyl (C=O) groups is 1.